The predicted octanol–water partition coefficient (Wildman–Crippen LogP) is 2.98. The molecule has 1 fully saturated rings. The van der Waals surface area contributed by atoms with Gasteiger partial charge in [0.1, 0.15) is 12.1 Å². The van der Waals surface area contributed by atoms with E-state index in [4.69, 9.17) is 0 Å². The van der Waals surface area contributed by atoms with Gasteiger partial charge < -0.3 is 20.6 Å². The van der Waals surface area contributed by atoms with E-state index in [0.717, 1.165) is 28.1 Å². The number of aryl methyl sites for hydroxylation is 1. The third kappa shape index (κ3) is 7.54. The Kier molecular flexibility index (Phi) is 10.3. The first-order chi connectivity index (χ1) is 17.2. The zero-order chi connectivity index (χ0) is 26.2. The molecule has 3 atom stereocenters. The highest BCUT2D eigenvalue weighted by Gasteiger charge is 2.41. The number of amides is 3. The van der Waals surface area contributed by atoms with Crippen LogP contribution in [0.1, 0.15) is 44.4 Å². The van der Waals surface area contributed by atoms with Crippen LogP contribution < -0.4 is 10.6 Å². The van der Waals surface area contributed by atoms with Crippen LogP contribution in [-0.2, 0) is 20.9 Å². The third-order valence-electron chi connectivity index (χ3n) is 6.21. The molecule has 0 spiro atoms. The summed E-state index contributed by atoms with van der Waals surface area (Å²) in [6.07, 6.45) is 2.35. The molecule has 0 unspecified atom stereocenters. The van der Waals surface area contributed by atoms with Crippen molar-refractivity contribution in [1.29, 1.82) is 0 Å². The van der Waals surface area contributed by atoms with E-state index in [1.54, 1.807) is 11.3 Å². The topological polar surface area (TPSA) is 112 Å². The number of aliphatic hydroxyl groups excluding tert-OH is 1. The lowest BCUT2D eigenvalue weighted by Gasteiger charge is -2.28. The number of rotatable bonds is 11. The number of carbonyl (C=O) groups is 3. The third-order valence-corrected chi connectivity index (χ3v) is 7.85. The van der Waals surface area contributed by atoms with E-state index >= 15 is 0 Å². The van der Waals surface area contributed by atoms with Gasteiger partial charge in [-0.15, -0.1) is 11.3 Å². The SMILES string of the molecule is CSC[C@H](NC(=O)CCC(C)C)C(=O)N1C[C@H](O)C[C@H]1C(=O)NCc1ccc(-c2scnc2C)cc1. The summed E-state index contributed by atoms with van der Waals surface area (Å²) in [5.41, 5.74) is 4.82. The van der Waals surface area contributed by atoms with Crippen LogP contribution >= 0.6 is 23.1 Å². The minimum Gasteiger partial charge on any atom is -0.391 e. The van der Waals surface area contributed by atoms with Crippen LogP contribution in [0.2, 0.25) is 0 Å². The van der Waals surface area contributed by atoms with Crippen LogP contribution in [0.4, 0.5) is 0 Å². The van der Waals surface area contributed by atoms with E-state index in [2.05, 4.69) is 15.6 Å². The molecular weight excluding hydrogens is 496 g/mol. The number of β-amino-alcohol motifs (C(OH)–C–C–N with tert-alkyl or cyclic N) is 1. The summed E-state index contributed by atoms with van der Waals surface area (Å²) < 4.78 is 0. The number of benzene rings is 1. The minimum atomic E-state index is -0.779. The monoisotopic (exact) mass is 532 g/mol. The average Bonchev–Trinajstić information content (AvgIpc) is 3.46. The molecule has 1 aliphatic rings. The molecule has 1 aromatic heterocycles. The van der Waals surface area contributed by atoms with E-state index in [-0.39, 0.29) is 30.7 Å². The highest BCUT2D eigenvalue weighted by Crippen LogP contribution is 2.27. The van der Waals surface area contributed by atoms with Crippen LogP contribution in [0.25, 0.3) is 10.4 Å². The largest absolute Gasteiger partial charge is 0.391 e. The summed E-state index contributed by atoms with van der Waals surface area (Å²) in [5.74, 6) is -0.0210. The molecule has 1 aliphatic heterocycles. The maximum Gasteiger partial charge on any atom is 0.246 e. The second-order valence-electron chi connectivity index (χ2n) is 9.59. The predicted molar refractivity (Wildman–Crippen MR) is 145 cm³/mol. The van der Waals surface area contributed by atoms with Gasteiger partial charge in [0.05, 0.1) is 22.2 Å². The first kappa shape index (κ1) is 28.1. The number of aromatic nitrogens is 1. The Balaban J connectivity index is 1.61. The number of carbonyl (C=O) groups excluding carboxylic acids is 3. The number of thiazole rings is 1. The van der Waals surface area contributed by atoms with Crippen molar-refractivity contribution >= 4 is 40.8 Å². The maximum absolute atomic E-state index is 13.3. The van der Waals surface area contributed by atoms with Crippen molar-refractivity contribution in [1.82, 2.24) is 20.5 Å². The van der Waals surface area contributed by atoms with Crippen molar-refractivity contribution in [2.24, 2.45) is 5.92 Å². The summed E-state index contributed by atoms with van der Waals surface area (Å²) in [6, 6.07) is 6.43. The molecule has 0 aliphatic carbocycles. The van der Waals surface area contributed by atoms with Crippen molar-refractivity contribution < 1.29 is 19.5 Å². The van der Waals surface area contributed by atoms with Gasteiger partial charge in [-0.2, -0.15) is 11.8 Å². The number of nitrogens with one attached hydrogen (secondary N) is 2. The quantitative estimate of drug-likeness (QED) is 0.410. The van der Waals surface area contributed by atoms with E-state index in [1.807, 2.05) is 56.8 Å². The number of thioether (sulfide) groups is 1. The van der Waals surface area contributed by atoms with Crippen molar-refractivity contribution in [2.45, 2.75) is 64.8 Å². The molecular formula is C26H36N4O4S2. The van der Waals surface area contributed by atoms with Crippen LogP contribution in [0.5, 0.6) is 0 Å². The molecule has 3 rings (SSSR count). The van der Waals surface area contributed by atoms with Gasteiger partial charge in [-0.3, -0.25) is 14.4 Å². The van der Waals surface area contributed by atoms with Crippen LogP contribution in [0.3, 0.4) is 0 Å². The molecule has 8 nitrogen and oxygen atoms in total. The van der Waals surface area contributed by atoms with E-state index in [9.17, 15) is 19.5 Å². The van der Waals surface area contributed by atoms with Crippen molar-refractivity contribution in [3.63, 3.8) is 0 Å². The lowest BCUT2D eigenvalue weighted by Crippen LogP contribution is -2.54. The van der Waals surface area contributed by atoms with Crippen molar-refractivity contribution in [3.8, 4) is 10.4 Å². The Labute approximate surface area is 221 Å². The van der Waals surface area contributed by atoms with Crippen molar-refractivity contribution in [3.05, 3.63) is 41.0 Å². The summed E-state index contributed by atoms with van der Waals surface area (Å²) in [4.78, 5) is 45.6. The summed E-state index contributed by atoms with van der Waals surface area (Å²) in [6.45, 7) is 6.46. The van der Waals surface area contributed by atoms with Crippen LogP contribution in [-0.4, -0.2) is 69.5 Å². The van der Waals surface area contributed by atoms with Gasteiger partial charge in [0, 0.05) is 31.7 Å². The molecule has 1 saturated heterocycles. The molecule has 36 heavy (non-hydrogen) atoms. The van der Waals surface area contributed by atoms with Crippen LogP contribution in [0.15, 0.2) is 29.8 Å². The van der Waals surface area contributed by atoms with Crippen LogP contribution in [0, 0.1) is 12.8 Å². The van der Waals surface area contributed by atoms with Gasteiger partial charge in [0.2, 0.25) is 17.7 Å². The van der Waals surface area contributed by atoms with E-state index < -0.39 is 18.2 Å². The lowest BCUT2D eigenvalue weighted by atomic mass is 10.1. The molecule has 1 aromatic carbocycles. The molecule has 196 valence electrons. The number of hydrogen-bond donors (Lipinski definition) is 3. The lowest BCUT2D eigenvalue weighted by molar-refractivity contribution is -0.141. The molecule has 10 heteroatoms. The minimum absolute atomic E-state index is 0.0760. The first-order valence-corrected chi connectivity index (χ1v) is 14.5. The molecule has 3 amide bonds. The fraction of sp³-hybridized carbons (Fsp3) is 0.538. The molecule has 0 bridgehead atoms. The zero-order valence-electron chi connectivity index (χ0n) is 21.3. The second-order valence-corrected chi connectivity index (χ2v) is 11.4. The standard InChI is InChI=1S/C26H36N4O4S2/c1-16(2)5-10-23(32)29-21(14-35-4)26(34)30-13-20(31)11-22(30)25(33)27-12-18-6-8-19(9-7-18)24-17(3)28-15-36-24/h6-9,15-16,20-22,31H,5,10-14H2,1-4H3,(H,27,33)(H,29,32)/t20-,21+,22+/m1/s1. The highest BCUT2D eigenvalue weighted by atomic mass is 32.2. The number of hydrogen-bond acceptors (Lipinski definition) is 7. The van der Waals surface area contributed by atoms with Gasteiger partial charge >= 0.3 is 0 Å². The second kappa shape index (κ2) is 13.2. The van der Waals surface area contributed by atoms with Gasteiger partial charge in [-0.05, 0) is 36.6 Å². The molecule has 2 aromatic rings. The Bertz CT molecular complexity index is 1040. The average molecular weight is 533 g/mol. The van der Waals surface area contributed by atoms with Gasteiger partial charge in [-0.25, -0.2) is 4.98 Å². The Morgan fingerprint density at radius 2 is 1.97 bits per heavy atom. The fourth-order valence-corrected chi connectivity index (χ4v) is 5.56. The summed E-state index contributed by atoms with van der Waals surface area (Å²) >= 11 is 3.04. The number of nitrogens with zero attached hydrogens (tertiary/aromatic N) is 2. The van der Waals surface area contributed by atoms with Crippen molar-refractivity contribution in [2.75, 3.05) is 18.6 Å². The smallest absolute Gasteiger partial charge is 0.246 e. The molecule has 0 saturated carbocycles. The Hall–Kier alpha value is -2.43. The zero-order valence-corrected chi connectivity index (χ0v) is 23.0. The fourth-order valence-electron chi connectivity index (χ4n) is 4.19. The highest BCUT2D eigenvalue weighted by molar-refractivity contribution is 7.98. The number of aliphatic hydroxyl groups is 1. The Morgan fingerprint density at radius 3 is 2.58 bits per heavy atom. The van der Waals surface area contributed by atoms with E-state index in [0.29, 0.717) is 24.6 Å². The van der Waals surface area contributed by atoms with Gasteiger partial charge in [0.25, 0.3) is 0 Å². The van der Waals surface area contributed by atoms with E-state index in [1.165, 1.54) is 16.7 Å². The molecule has 2 heterocycles. The Morgan fingerprint density at radius 1 is 1.25 bits per heavy atom. The number of likely N-dealkylation sites (tertiary alicyclic amines) is 1. The molecule has 3 N–H and O–H groups in total. The maximum atomic E-state index is 13.3. The summed E-state index contributed by atoms with van der Waals surface area (Å²) in [5, 5.41) is 16.0. The summed E-state index contributed by atoms with van der Waals surface area (Å²) in [7, 11) is 0. The van der Waals surface area contributed by atoms with Gasteiger partial charge in [0.15, 0.2) is 0 Å². The van der Waals surface area contributed by atoms with Gasteiger partial charge in [-0.1, -0.05) is 38.1 Å². The first-order valence-electron chi connectivity index (χ1n) is 12.2. The normalized spacial score (nSPS) is 18.3. The molecule has 0 radical (unpaired) electrons.